The Bertz CT molecular complexity index is 1280. The van der Waals surface area contributed by atoms with Crippen molar-refractivity contribution >= 4 is 27.8 Å². The van der Waals surface area contributed by atoms with Gasteiger partial charge in [0.2, 0.25) is 10.0 Å². The van der Waals surface area contributed by atoms with Crippen molar-refractivity contribution in [2.45, 2.75) is 20.8 Å². The van der Waals surface area contributed by atoms with Crippen LogP contribution in [0.5, 0.6) is 5.75 Å². The van der Waals surface area contributed by atoms with Crippen molar-refractivity contribution in [3.63, 3.8) is 0 Å². The third-order valence-electron chi connectivity index (χ3n) is 5.17. The molecule has 1 heterocycles. The number of carbonyl (C=O) groups is 1. The molecule has 3 aromatic rings. The lowest BCUT2D eigenvalue weighted by Crippen LogP contribution is -2.39. The van der Waals surface area contributed by atoms with Gasteiger partial charge in [0.05, 0.1) is 25.3 Å². The number of rotatable bonds is 8. The van der Waals surface area contributed by atoms with E-state index in [-0.39, 0.29) is 0 Å². The fraction of sp³-hybridized carbons (Fsp3) is 0.250. The highest BCUT2D eigenvalue weighted by Crippen LogP contribution is 2.22. The number of ether oxygens (including phenoxy) is 1. The molecule has 33 heavy (non-hydrogen) atoms. The minimum atomic E-state index is -3.68. The van der Waals surface area contributed by atoms with Crippen molar-refractivity contribution in [3.05, 3.63) is 77.1 Å². The van der Waals surface area contributed by atoms with E-state index in [1.54, 1.807) is 30.5 Å². The largest absolute Gasteiger partial charge is 0.497 e. The molecule has 0 aliphatic rings. The predicted molar refractivity (Wildman–Crippen MR) is 131 cm³/mol. The summed E-state index contributed by atoms with van der Waals surface area (Å²) in [6.45, 7) is 5.63. The smallest absolute Gasteiger partial charge is 0.260 e. The van der Waals surface area contributed by atoms with Crippen molar-refractivity contribution in [1.82, 2.24) is 9.99 Å². The number of amides is 1. The maximum Gasteiger partial charge on any atom is 0.260 e. The van der Waals surface area contributed by atoms with Gasteiger partial charge in [-0.1, -0.05) is 12.1 Å². The molecule has 0 unspecified atom stereocenters. The minimum Gasteiger partial charge on any atom is -0.497 e. The first-order chi connectivity index (χ1) is 15.6. The number of sulfonamides is 1. The fourth-order valence-corrected chi connectivity index (χ4v) is 4.43. The number of nitrogens with one attached hydrogen (secondary N) is 1. The Hall–Kier alpha value is -3.59. The van der Waals surface area contributed by atoms with Crippen LogP contribution in [0.4, 0.5) is 5.69 Å². The SMILES string of the molecule is COc1ccc(N(CC(=O)N/N=C\c2cc(C)n(-c3cccc(C)c3)c2C)S(C)(=O)=O)cc1. The molecule has 2 aromatic carbocycles. The van der Waals surface area contributed by atoms with E-state index in [1.165, 1.54) is 7.11 Å². The molecule has 0 bridgehead atoms. The van der Waals surface area contributed by atoms with Crippen LogP contribution in [-0.4, -0.2) is 45.0 Å². The molecule has 1 N–H and O–H groups in total. The van der Waals surface area contributed by atoms with Crippen LogP contribution in [0.2, 0.25) is 0 Å². The average Bonchev–Trinajstić information content (AvgIpc) is 3.04. The van der Waals surface area contributed by atoms with Crippen LogP contribution >= 0.6 is 0 Å². The molecular formula is C24H28N4O4S. The number of benzene rings is 2. The number of aromatic nitrogens is 1. The number of methoxy groups -OCH3 is 1. The highest BCUT2D eigenvalue weighted by atomic mass is 32.2. The monoisotopic (exact) mass is 468 g/mol. The van der Waals surface area contributed by atoms with Crippen LogP contribution < -0.4 is 14.5 Å². The Morgan fingerprint density at radius 2 is 1.82 bits per heavy atom. The molecule has 9 heteroatoms. The Balaban J connectivity index is 1.73. The van der Waals surface area contributed by atoms with Gasteiger partial charge in [0.15, 0.2) is 0 Å². The van der Waals surface area contributed by atoms with Gasteiger partial charge in [-0.15, -0.1) is 0 Å². The van der Waals surface area contributed by atoms with Crippen molar-refractivity contribution in [3.8, 4) is 11.4 Å². The summed E-state index contributed by atoms with van der Waals surface area (Å²) >= 11 is 0. The zero-order valence-electron chi connectivity index (χ0n) is 19.4. The third kappa shape index (κ3) is 5.81. The number of carbonyl (C=O) groups excluding carboxylic acids is 1. The molecular weight excluding hydrogens is 440 g/mol. The molecule has 0 saturated carbocycles. The second kappa shape index (κ2) is 9.91. The van der Waals surface area contributed by atoms with Gasteiger partial charge >= 0.3 is 0 Å². The number of hydrazone groups is 1. The molecule has 0 fully saturated rings. The summed E-state index contributed by atoms with van der Waals surface area (Å²) in [4.78, 5) is 12.4. The normalized spacial score (nSPS) is 11.5. The summed E-state index contributed by atoms with van der Waals surface area (Å²) in [5.41, 5.74) is 7.86. The number of aryl methyl sites for hydroxylation is 2. The lowest BCUT2D eigenvalue weighted by molar-refractivity contribution is -0.119. The van der Waals surface area contributed by atoms with Gasteiger partial charge in [0, 0.05) is 22.6 Å². The van der Waals surface area contributed by atoms with Gasteiger partial charge in [-0.2, -0.15) is 5.10 Å². The summed E-state index contributed by atoms with van der Waals surface area (Å²) in [6.07, 6.45) is 2.61. The standard InChI is InChI=1S/C24H28N4O4S/c1-17-7-6-8-22(13-17)28-18(2)14-20(19(28)3)15-25-26-24(29)16-27(33(5,30)31)21-9-11-23(32-4)12-10-21/h6-15H,16H2,1-5H3,(H,26,29)/b25-15-. The van der Waals surface area contributed by atoms with Gasteiger partial charge < -0.3 is 9.30 Å². The van der Waals surface area contributed by atoms with Crippen LogP contribution in [0, 0.1) is 20.8 Å². The Morgan fingerprint density at radius 3 is 2.42 bits per heavy atom. The average molecular weight is 469 g/mol. The molecule has 0 saturated heterocycles. The Labute approximate surface area is 194 Å². The molecule has 0 atom stereocenters. The first kappa shape index (κ1) is 24.1. The van der Waals surface area contributed by atoms with Crippen molar-refractivity contribution in [2.24, 2.45) is 5.10 Å². The number of hydrogen-bond acceptors (Lipinski definition) is 5. The fourth-order valence-electron chi connectivity index (χ4n) is 3.57. The number of nitrogens with zero attached hydrogens (tertiary/aromatic N) is 3. The van der Waals surface area contributed by atoms with Gasteiger partial charge in [-0.25, -0.2) is 13.8 Å². The van der Waals surface area contributed by atoms with E-state index in [0.29, 0.717) is 11.4 Å². The lowest BCUT2D eigenvalue weighted by atomic mass is 10.2. The van der Waals surface area contributed by atoms with E-state index in [1.807, 2.05) is 45.0 Å². The van der Waals surface area contributed by atoms with Crippen LogP contribution in [0.25, 0.3) is 5.69 Å². The molecule has 174 valence electrons. The van der Waals surface area contributed by atoms with Crippen molar-refractivity contribution in [1.29, 1.82) is 0 Å². The summed E-state index contributed by atoms with van der Waals surface area (Å²) in [6, 6.07) is 16.6. The molecule has 0 spiro atoms. The molecule has 0 aliphatic carbocycles. The Morgan fingerprint density at radius 1 is 1.12 bits per heavy atom. The summed E-state index contributed by atoms with van der Waals surface area (Å²) in [5, 5.41) is 4.04. The van der Waals surface area contributed by atoms with Gasteiger partial charge in [-0.05, 0) is 68.8 Å². The van der Waals surface area contributed by atoms with Gasteiger partial charge in [-0.3, -0.25) is 9.10 Å². The van der Waals surface area contributed by atoms with E-state index >= 15 is 0 Å². The van der Waals surface area contributed by atoms with E-state index in [2.05, 4.69) is 21.2 Å². The Kier molecular flexibility index (Phi) is 7.23. The summed E-state index contributed by atoms with van der Waals surface area (Å²) in [5.74, 6) is 0.0319. The topological polar surface area (TPSA) is 93.0 Å². The number of anilines is 1. The predicted octanol–water partition coefficient (Wildman–Crippen LogP) is 3.33. The van der Waals surface area contributed by atoms with Gasteiger partial charge in [0.1, 0.15) is 12.3 Å². The number of hydrogen-bond donors (Lipinski definition) is 1. The van der Waals surface area contributed by atoms with Crippen LogP contribution in [0.1, 0.15) is 22.5 Å². The molecule has 8 nitrogen and oxygen atoms in total. The highest BCUT2D eigenvalue weighted by molar-refractivity contribution is 7.92. The zero-order chi connectivity index (χ0) is 24.2. The maximum atomic E-state index is 12.4. The maximum absolute atomic E-state index is 12.4. The van der Waals surface area contributed by atoms with Crippen molar-refractivity contribution in [2.75, 3.05) is 24.2 Å². The lowest BCUT2D eigenvalue weighted by Gasteiger charge is -2.21. The molecule has 1 amide bonds. The third-order valence-corrected chi connectivity index (χ3v) is 6.31. The van der Waals surface area contributed by atoms with Crippen LogP contribution in [-0.2, 0) is 14.8 Å². The molecule has 0 radical (unpaired) electrons. The van der Waals surface area contributed by atoms with E-state index < -0.39 is 22.5 Å². The second-order valence-corrected chi connectivity index (χ2v) is 9.67. The van der Waals surface area contributed by atoms with Crippen molar-refractivity contribution < 1.29 is 17.9 Å². The molecule has 0 aliphatic heterocycles. The summed E-state index contributed by atoms with van der Waals surface area (Å²) in [7, 11) is -2.16. The minimum absolute atomic E-state index is 0.360. The molecule has 1 aromatic heterocycles. The zero-order valence-corrected chi connectivity index (χ0v) is 20.2. The first-order valence-corrected chi connectivity index (χ1v) is 12.1. The summed E-state index contributed by atoms with van der Waals surface area (Å²) < 4.78 is 32.7. The van der Waals surface area contributed by atoms with E-state index in [9.17, 15) is 13.2 Å². The molecule has 3 rings (SSSR count). The van der Waals surface area contributed by atoms with E-state index in [0.717, 1.165) is 38.8 Å². The second-order valence-electron chi connectivity index (χ2n) is 7.76. The van der Waals surface area contributed by atoms with E-state index in [4.69, 9.17) is 4.74 Å². The van der Waals surface area contributed by atoms with Gasteiger partial charge in [0.25, 0.3) is 5.91 Å². The highest BCUT2D eigenvalue weighted by Gasteiger charge is 2.20. The van der Waals surface area contributed by atoms with Crippen LogP contribution in [0.15, 0.2) is 59.7 Å². The quantitative estimate of drug-likeness (QED) is 0.405. The first-order valence-electron chi connectivity index (χ1n) is 10.3. The van der Waals surface area contributed by atoms with Crippen LogP contribution in [0.3, 0.4) is 0 Å².